The highest BCUT2D eigenvalue weighted by molar-refractivity contribution is 9.10. The maximum atomic E-state index is 12.2. The van der Waals surface area contributed by atoms with Crippen molar-refractivity contribution in [2.75, 3.05) is 20.2 Å². The minimum atomic E-state index is 0.160. The maximum Gasteiger partial charge on any atom is 0.226 e. The number of rotatable bonds is 3. The van der Waals surface area contributed by atoms with Gasteiger partial charge in [0.1, 0.15) is 0 Å². The Bertz CT molecular complexity index is 459. The molecule has 0 unspecified atom stereocenters. The number of carbonyl (C=O) groups is 1. The van der Waals surface area contributed by atoms with Crippen LogP contribution in [0.5, 0.6) is 0 Å². The van der Waals surface area contributed by atoms with Crippen molar-refractivity contribution >= 4 is 33.4 Å². The van der Waals surface area contributed by atoms with Gasteiger partial charge in [0.25, 0.3) is 0 Å². The summed E-state index contributed by atoms with van der Waals surface area (Å²) in [6.45, 7) is 1.56. The summed E-state index contributed by atoms with van der Waals surface area (Å²) >= 11 is 9.38. The van der Waals surface area contributed by atoms with Gasteiger partial charge in [-0.1, -0.05) is 17.7 Å². The third kappa shape index (κ3) is 3.94. The Hall–Kier alpha value is -0.580. The third-order valence-electron chi connectivity index (χ3n) is 3.47. The van der Waals surface area contributed by atoms with Crippen molar-refractivity contribution in [3.8, 4) is 0 Å². The van der Waals surface area contributed by atoms with Crippen molar-refractivity contribution in [1.29, 1.82) is 0 Å². The Morgan fingerprint density at radius 3 is 2.74 bits per heavy atom. The zero-order valence-electron chi connectivity index (χ0n) is 10.9. The molecule has 19 heavy (non-hydrogen) atoms. The van der Waals surface area contributed by atoms with Gasteiger partial charge in [0.2, 0.25) is 5.91 Å². The fraction of sp³-hybridized carbons (Fsp3) is 0.500. The van der Waals surface area contributed by atoms with Crippen LogP contribution < -0.4 is 0 Å². The summed E-state index contributed by atoms with van der Waals surface area (Å²) in [7, 11) is 1.73. The van der Waals surface area contributed by atoms with Crippen molar-refractivity contribution in [2.45, 2.75) is 25.4 Å². The van der Waals surface area contributed by atoms with E-state index in [1.54, 1.807) is 7.11 Å². The van der Waals surface area contributed by atoms with Crippen LogP contribution in [0.4, 0.5) is 0 Å². The molecule has 1 fully saturated rings. The smallest absolute Gasteiger partial charge is 0.226 e. The molecule has 1 heterocycles. The summed E-state index contributed by atoms with van der Waals surface area (Å²) in [5, 5.41) is 0.642. The van der Waals surface area contributed by atoms with Crippen LogP contribution in [0.2, 0.25) is 5.02 Å². The summed E-state index contributed by atoms with van der Waals surface area (Å²) in [5.41, 5.74) is 0.951. The minimum absolute atomic E-state index is 0.160. The van der Waals surface area contributed by atoms with Crippen LogP contribution in [0.15, 0.2) is 22.7 Å². The molecule has 0 saturated carbocycles. The lowest BCUT2D eigenvalue weighted by atomic mass is 10.1. The van der Waals surface area contributed by atoms with Crippen LogP contribution >= 0.6 is 27.5 Å². The highest BCUT2D eigenvalue weighted by Gasteiger charge is 2.22. The maximum absolute atomic E-state index is 12.2. The Balaban J connectivity index is 1.92. The summed E-state index contributed by atoms with van der Waals surface area (Å²) < 4.78 is 6.16. The molecule has 0 atom stereocenters. The standard InChI is InChI=1S/C14H17BrClNO2/c1-19-11-4-6-17(7-5-11)14(18)9-10-2-3-12(15)13(16)8-10/h2-3,8,11H,4-7,9H2,1H3. The largest absolute Gasteiger partial charge is 0.381 e. The van der Waals surface area contributed by atoms with E-state index in [1.807, 2.05) is 23.1 Å². The highest BCUT2D eigenvalue weighted by atomic mass is 79.9. The van der Waals surface area contributed by atoms with E-state index in [0.29, 0.717) is 17.5 Å². The summed E-state index contributed by atoms with van der Waals surface area (Å²) in [6, 6.07) is 5.64. The van der Waals surface area contributed by atoms with Gasteiger partial charge in [0.05, 0.1) is 17.5 Å². The molecule has 0 bridgehead atoms. The molecule has 0 radical (unpaired) electrons. The SMILES string of the molecule is COC1CCN(C(=O)Cc2ccc(Br)c(Cl)c2)CC1. The van der Waals surface area contributed by atoms with Crippen molar-refractivity contribution in [3.05, 3.63) is 33.3 Å². The molecule has 1 aromatic rings. The van der Waals surface area contributed by atoms with Crippen LogP contribution in [-0.4, -0.2) is 37.1 Å². The molecule has 3 nitrogen and oxygen atoms in total. The van der Waals surface area contributed by atoms with E-state index in [9.17, 15) is 4.79 Å². The van der Waals surface area contributed by atoms with Crippen molar-refractivity contribution in [1.82, 2.24) is 4.90 Å². The van der Waals surface area contributed by atoms with E-state index in [-0.39, 0.29) is 5.91 Å². The number of halogens is 2. The Kier molecular flexibility index (Phi) is 5.25. The van der Waals surface area contributed by atoms with Crippen LogP contribution in [0.25, 0.3) is 0 Å². The van der Waals surface area contributed by atoms with Crippen LogP contribution in [-0.2, 0) is 16.0 Å². The Morgan fingerprint density at radius 2 is 2.16 bits per heavy atom. The molecule has 0 spiro atoms. The van der Waals surface area contributed by atoms with Crippen LogP contribution in [0.1, 0.15) is 18.4 Å². The number of amides is 1. The molecule has 0 aromatic heterocycles. The van der Waals surface area contributed by atoms with E-state index in [4.69, 9.17) is 16.3 Å². The number of piperidine rings is 1. The molecular weight excluding hydrogens is 330 g/mol. The number of hydrogen-bond acceptors (Lipinski definition) is 2. The molecule has 5 heteroatoms. The van der Waals surface area contributed by atoms with E-state index in [1.165, 1.54) is 0 Å². The predicted octanol–water partition coefficient (Wildman–Crippen LogP) is 3.28. The molecule has 0 N–H and O–H groups in total. The molecular formula is C14H17BrClNO2. The van der Waals surface area contributed by atoms with Gasteiger partial charge in [0, 0.05) is 24.7 Å². The topological polar surface area (TPSA) is 29.5 Å². The van der Waals surface area contributed by atoms with E-state index in [2.05, 4.69) is 15.9 Å². The van der Waals surface area contributed by atoms with Crippen molar-refractivity contribution < 1.29 is 9.53 Å². The van der Waals surface area contributed by atoms with Crippen LogP contribution in [0.3, 0.4) is 0 Å². The lowest BCUT2D eigenvalue weighted by molar-refractivity contribution is -0.132. The Morgan fingerprint density at radius 1 is 1.47 bits per heavy atom. The van der Waals surface area contributed by atoms with Gasteiger partial charge in [0.15, 0.2) is 0 Å². The number of benzene rings is 1. The second kappa shape index (κ2) is 6.73. The van der Waals surface area contributed by atoms with Gasteiger partial charge in [-0.15, -0.1) is 0 Å². The van der Waals surface area contributed by atoms with Gasteiger partial charge in [-0.05, 0) is 46.5 Å². The molecule has 1 aromatic carbocycles. The normalized spacial score (nSPS) is 16.7. The van der Waals surface area contributed by atoms with Gasteiger partial charge in [-0.25, -0.2) is 0 Å². The second-order valence-corrected chi connectivity index (χ2v) is 6.00. The van der Waals surface area contributed by atoms with Gasteiger partial charge >= 0.3 is 0 Å². The first-order valence-electron chi connectivity index (χ1n) is 6.34. The summed E-state index contributed by atoms with van der Waals surface area (Å²) in [5.74, 6) is 0.160. The number of nitrogens with zero attached hydrogens (tertiary/aromatic N) is 1. The monoisotopic (exact) mass is 345 g/mol. The first kappa shape index (κ1) is 14.8. The Labute approximate surface area is 127 Å². The summed E-state index contributed by atoms with van der Waals surface area (Å²) in [6.07, 6.45) is 2.54. The average molecular weight is 347 g/mol. The zero-order chi connectivity index (χ0) is 13.8. The van der Waals surface area contributed by atoms with E-state index in [0.717, 1.165) is 36.0 Å². The number of hydrogen-bond donors (Lipinski definition) is 0. The lowest BCUT2D eigenvalue weighted by Gasteiger charge is -2.31. The molecule has 0 aliphatic carbocycles. The summed E-state index contributed by atoms with van der Waals surface area (Å²) in [4.78, 5) is 14.1. The number of methoxy groups -OCH3 is 1. The fourth-order valence-corrected chi connectivity index (χ4v) is 2.73. The highest BCUT2D eigenvalue weighted by Crippen LogP contribution is 2.24. The molecule has 2 rings (SSSR count). The minimum Gasteiger partial charge on any atom is -0.381 e. The number of carbonyl (C=O) groups excluding carboxylic acids is 1. The van der Waals surface area contributed by atoms with Crippen molar-refractivity contribution in [2.24, 2.45) is 0 Å². The fourth-order valence-electron chi connectivity index (χ4n) is 2.28. The van der Waals surface area contributed by atoms with Gasteiger partial charge in [-0.3, -0.25) is 4.79 Å². The third-order valence-corrected chi connectivity index (χ3v) is 4.70. The first-order chi connectivity index (χ1) is 9.10. The van der Waals surface area contributed by atoms with Gasteiger partial charge in [-0.2, -0.15) is 0 Å². The second-order valence-electron chi connectivity index (χ2n) is 4.74. The molecule has 1 saturated heterocycles. The van der Waals surface area contributed by atoms with Gasteiger partial charge < -0.3 is 9.64 Å². The molecule has 1 amide bonds. The zero-order valence-corrected chi connectivity index (χ0v) is 13.2. The quantitative estimate of drug-likeness (QED) is 0.840. The number of ether oxygens (including phenoxy) is 1. The lowest BCUT2D eigenvalue weighted by Crippen LogP contribution is -2.41. The molecule has 1 aliphatic rings. The van der Waals surface area contributed by atoms with Crippen molar-refractivity contribution in [3.63, 3.8) is 0 Å². The van der Waals surface area contributed by atoms with Crippen LogP contribution in [0, 0.1) is 0 Å². The molecule has 104 valence electrons. The van der Waals surface area contributed by atoms with E-state index < -0.39 is 0 Å². The predicted molar refractivity (Wildman–Crippen MR) is 79.5 cm³/mol. The first-order valence-corrected chi connectivity index (χ1v) is 7.51. The number of likely N-dealkylation sites (tertiary alicyclic amines) is 1. The average Bonchev–Trinajstić information content (AvgIpc) is 2.43. The van der Waals surface area contributed by atoms with E-state index >= 15 is 0 Å². The molecule has 1 aliphatic heterocycles.